The van der Waals surface area contributed by atoms with E-state index in [-0.39, 0.29) is 17.3 Å². The molecular weight excluding hydrogens is 303 g/mol. The van der Waals surface area contributed by atoms with Crippen LogP contribution in [0.15, 0.2) is 0 Å². The standard InChI is InChI=1S/C11H21ClF3NO2S/c1-10(2,3)9(5-7-12)16-19(17,18)8-4-6-11(13,14)15/h9,16H,4-8H2,1-3H3. The number of halogens is 4. The fourth-order valence-electron chi connectivity index (χ4n) is 1.52. The second-order valence-electron chi connectivity index (χ2n) is 5.55. The first-order chi connectivity index (χ1) is 8.37. The molecule has 0 rings (SSSR count). The molecule has 0 aromatic carbocycles. The Morgan fingerprint density at radius 2 is 1.74 bits per heavy atom. The molecule has 1 unspecified atom stereocenters. The molecule has 0 aromatic heterocycles. The van der Waals surface area contributed by atoms with E-state index < -0.39 is 34.8 Å². The quantitative estimate of drug-likeness (QED) is 0.731. The van der Waals surface area contributed by atoms with Crippen molar-refractivity contribution in [1.29, 1.82) is 0 Å². The highest BCUT2D eigenvalue weighted by Crippen LogP contribution is 2.24. The molecule has 0 aliphatic carbocycles. The van der Waals surface area contributed by atoms with Crippen molar-refractivity contribution in [3.8, 4) is 0 Å². The molecule has 0 aromatic rings. The van der Waals surface area contributed by atoms with Crippen LogP contribution in [0.2, 0.25) is 0 Å². The van der Waals surface area contributed by atoms with E-state index in [1.54, 1.807) is 0 Å². The number of alkyl halides is 4. The molecule has 116 valence electrons. The average Bonchev–Trinajstić information content (AvgIpc) is 2.12. The van der Waals surface area contributed by atoms with Crippen LogP contribution in [0.1, 0.15) is 40.0 Å². The van der Waals surface area contributed by atoms with Crippen molar-refractivity contribution < 1.29 is 21.6 Å². The first-order valence-electron chi connectivity index (χ1n) is 6.00. The fraction of sp³-hybridized carbons (Fsp3) is 1.00. The van der Waals surface area contributed by atoms with E-state index in [0.29, 0.717) is 6.42 Å². The fourth-order valence-corrected chi connectivity index (χ4v) is 3.28. The zero-order chi connectivity index (χ0) is 15.3. The smallest absolute Gasteiger partial charge is 0.212 e. The summed E-state index contributed by atoms with van der Waals surface area (Å²) in [6.07, 6.45) is -5.42. The summed E-state index contributed by atoms with van der Waals surface area (Å²) in [5.74, 6) is -0.242. The van der Waals surface area contributed by atoms with Crippen LogP contribution in [0.3, 0.4) is 0 Å². The molecule has 1 N–H and O–H groups in total. The second-order valence-corrected chi connectivity index (χ2v) is 7.80. The normalized spacial score (nSPS) is 15.5. The Labute approximate surface area is 117 Å². The zero-order valence-electron chi connectivity index (χ0n) is 11.3. The Balaban J connectivity index is 4.48. The summed E-state index contributed by atoms with van der Waals surface area (Å²) in [6, 6.07) is -0.388. The third kappa shape index (κ3) is 9.51. The second kappa shape index (κ2) is 7.13. The topological polar surface area (TPSA) is 46.2 Å². The third-order valence-corrected chi connectivity index (χ3v) is 4.33. The Hall–Kier alpha value is -0.0100. The van der Waals surface area contributed by atoms with Crippen LogP contribution in [-0.4, -0.2) is 32.3 Å². The number of hydrogen-bond acceptors (Lipinski definition) is 2. The molecule has 0 heterocycles. The van der Waals surface area contributed by atoms with Crippen LogP contribution in [-0.2, 0) is 10.0 Å². The van der Waals surface area contributed by atoms with Gasteiger partial charge in [0.05, 0.1) is 5.75 Å². The van der Waals surface area contributed by atoms with E-state index in [4.69, 9.17) is 11.6 Å². The van der Waals surface area contributed by atoms with E-state index in [1.807, 2.05) is 20.8 Å². The summed E-state index contributed by atoms with van der Waals surface area (Å²) in [5.41, 5.74) is -0.341. The number of sulfonamides is 1. The van der Waals surface area contributed by atoms with Gasteiger partial charge in [-0.25, -0.2) is 13.1 Å². The van der Waals surface area contributed by atoms with Gasteiger partial charge in [0.2, 0.25) is 10.0 Å². The maximum Gasteiger partial charge on any atom is 0.389 e. The molecule has 19 heavy (non-hydrogen) atoms. The van der Waals surface area contributed by atoms with Gasteiger partial charge in [0, 0.05) is 18.3 Å². The Kier molecular flexibility index (Phi) is 7.12. The van der Waals surface area contributed by atoms with Crippen molar-refractivity contribution in [3.63, 3.8) is 0 Å². The van der Waals surface area contributed by atoms with Crippen LogP contribution >= 0.6 is 11.6 Å². The monoisotopic (exact) mass is 323 g/mol. The molecule has 0 bridgehead atoms. The van der Waals surface area contributed by atoms with Gasteiger partial charge in [0.15, 0.2) is 0 Å². The SMILES string of the molecule is CC(C)(C)C(CCCl)NS(=O)(=O)CCCC(F)(F)F. The lowest BCUT2D eigenvalue weighted by molar-refractivity contribution is -0.134. The van der Waals surface area contributed by atoms with Gasteiger partial charge in [0.1, 0.15) is 0 Å². The molecule has 0 amide bonds. The summed E-state index contributed by atoms with van der Waals surface area (Å²) in [6.45, 7) is 5.55. The van der Waals surface area contributed by atoms with Crippen LogP contribution in [0.25, 0.3) is 0 Å². The molecule has 0 fully saturated rings. The van der Waals surface area contributed by atoms with Gasteiger partial charge in [-0.3, -0.25) is 0 Å². The Morgan fingerprint density at radius 3 is 2.11 bits per heavy atom. The molecule has 0 spiro atoms. The number of hydrogen-bond donors (Lipinski definition) is 1. The van der Waals surface area contributed by atoms with Gasteiger partial charge < -0.3 is 0 Å². The molecular formula is C11H21ClF3NO2S. The largest absolute Gasteiger partial charge is 0.389 e. The highest BCUT2D eigenvalue weighted by molar-refractivity contribution is 7.89. The molecule has 0 radical (unpaired) electrons. The van der Waals surface area contributed by atoms with Crippen LogP contribution in [0, 0.1) is 5.41 Å². The van der Waals surface area contributed by atoms with E-state index in [2.05, 4.69) is 4.72 Å². The molecule has 0 saturated heterocycles. The Morgan fingerprint density at radius 1 is 1.21 bits per heavy atom. The van der Waals surface area contributed by atoms with Crippen molar-refractivity contribution >= 4 is 21.6 Å². The summed E-state index contributed by atoms with van der Waals surface area (Å²) in [5, 5.41) is 0. The molecule has 3 nitrogen and oxygen atoms in total. The predicted molar refractivity (Wildman–Crippen MR) is 70.8 cm³/mol. The minimum Gasteiger partial charge on any atom is -0.212 e. The number of nitrogens with one attached hydrogen (secondary N) is 1. The average molecular weight is 324 g/mol. The molecule has 0 aliphatic rings. The van der Waals surface area contributed by atoms with E-state index >= 15 is 0 Å². The van der Waals surface area contributed by atoms with Crippen molar-refractivity contribution in [2.75, 3.05) is 11.6 Å². The maximum absolute atomic E-state index is 12.0. The van der Waals surface area contributed by atoms with Gasteiger partial charge in [-0.05, 0) is 18.3 Å². The van der Waals surface area contributed by atoms with Gasteiger partial charge in [-0.1, -0.05) is 20.8 Å². The predicted octanol–water partition coefficient (Wildman–Crippen LogP) is 3.29. The minimum atomic E-state index is -4.32. The summed E-state index contributed by atoms with van der Waals surface area (Å²) in [7, 11) is -3.72. The summed E-state index contributed by atoms with van der Waals surface area (Å²) in [4.78, 5) is 0. The van der Waals surface area contributed by atoms with Gasteiger partial charge in [-0.15, -0.1) is 11.6 Å². The van der Waals surface area contributed by atoms with Crippen molar-refractivity contribution in [3.05, 3.63) is 0 Å². The molecule has 1 atom stereocenters. The summed E-state index contributed by atoms with van der Waals surface area (Å²) >= 11 is 5.61. The van der Waals surface area contributed by atoms with Crippen LogP contribution < -0.4 is 4.72 Å². The van der Waals surface area contributed by atoms with Crippen molar-refractivity contribution in [1.82, 2.24) is 4.72 Å². The highest BCUT2D eigenvalue weighted by Gasteiger charge is 2.30. The van der Waals surface area contributed by atoms with E-state index in [0.717, 1.165) is 0 Å². The molecule has 8 heteroatoms. The van der Waals surface area contributed by atoms with Gasteiger partial charge in [0.25, 0.3) is 0 Å². The van der Waals surface area contributed by atoms with Crippen molar-refractivity contribution in [2.45, 2.75) is 52.3 Å². The first-order valence-corrected chi connectivity index (χ1v) is 8.19. The van der Waals surface area contributed by atoms with E-state index in [1.165, 1.54) is 0 Å². The molecule has 0 saturated carbocycles. The lowest BCUT2D eigenvalue weighted by Crippen LogP contribution is -2.44. The van der Waals surface area contributed by atoms with Crippen LogP contribution in [0.4, 0.5) is 13.2 Å². The summed E-state index contributed by atoms with van der Waals surface area (Å²) < 4.78 is 61.8. The zero-order valence-corrected chi connectivity index (χ0v) is 12.9. The van der Waals surface area contributed by atoms with Gasteiger partial charge in [-0.2, -0.15) is 13.2 Å². The lowest BCUT2D eigenvalue weighted by atomic mass is 9.86. The minimum absolute atomic E-state index is 0.285. The number of rotatable bonds is 7. The van der Waals surface area contributed by atoms with E-state index in [9.17, 15) is 21.6 Å². The lowest BCUT2D eigenvalue weighted by Gasteiger charge is -2.30. The maximum atomic E-state index is 12.0. The third-order valence-electron chi connectivity index (χ3n) is 2.64. The first kappa shape index (κ1) is 19.0. The van der Waals surface area contributed by atoms with Crippen LogP contribution in [0.5, 0.6) is 0 Å². The van der Waals surface area contributed by atoms with Gasteiger partial charge >= 0.3 is 6.18 Å². The molecule has 0 aliphatic heterocycles. The highest BCUT2D eigenvalue weighted by atomic mass is 35.5. The Bertz CT molecular complexity index is 363. The van der Waals surface area contributed by atoms with Crippen molar-refractivity contribution in [2.24, 2.45) is 5.41 Å².